The first-order valence-electron chi connectivity index (χ1n) is 5.78. The largest absolute Gasteiger partial charge is 0.497 e. The minimum Gasteiger partial charge on any atom is -0.497 e. The average molecular weight is 260 g/mol. The molecule has 2 rings (SSSR count). The van der Waals surface area contributed by atoms with Crippen molar-refractivity contribution in [1.82, 2.24) is 0 Å². The highest BCUT2D eigenvalue weighted by atomic mass is 31.0. The molecule has 94 valence electrons. The van der Waals surface area contributed by atoms with Gasteiger partial charge in [-0.15, -0.1) is 9.24 Å². The maximum absolute atomic E-state index is 5.16. The first-order valence-corrected chi connectivity index (χ1v) is 6.44. The number of hydrogen-bond donors (Lipinski definition) is 0. The van der Waals surface area contributed by atoms with E-state index < -0.39 is 0 Å². The molecule has 18 heavy (non-hydrogen) atoms. The van der Waals surface area contributed by atoms with Gasteiger partial charge >= 0.3 is 0 Å². The third-order valence-corrected chi connectivity index (χ3v) is 3.72. The Bertz CT molecular complexity index is 443. The molecule has 1 unspecified atom stereocenters. The average Bonchev–Trinajstić information content (AvgIpc) is 2.47. The summed E-state index contributed by atoms with van der Waals surface area (Å²) in [6, 6.07) is 16.3. The maximum Gasteiger partial charge on any atom is 0.118 e. The molecule has 2 aromatic rings. The van der Waals surface area contributed by atoms with Gasteiger partial charge in [0, 0.05) is 5.66 Å². The van der Waals surface area contributed by atoms with Gasteiger partial charge in [-0.1, -0.05) is 24.3 Å². The number of ether oxygens (including phenoxy) is 2. The van der Waals surface area contributed by atoms with Crippen molar-refractivity contribution >= 4 is 9.24 Å². The molecule has 0 aromatic heterocycles. The quantitative estimate of drug-likeness (QED) is 0.781. The Hall–Kier alpha value is -1.53. The van der Waals surface area contributed by atoms with Gasteiger partial charge in [-0.3, -0.25) is 0 Å². The zero-order chi connectivity index (χ0) is 13.0. The van der Waals surface area contributed by atoms with Crippen LogP contribution in [0.2, 0.25) is 0 Å². The van der Waals surface area contributed by atoms with E-state index >= 15 is 0 Å². The van der Waals surface area contributed by atoms with Crippen LogP contribution >= 0.6 is 9.24 Å². The Morgan fingerprint density at radius 3 is 1.33 bits per heavy atom. The fraction of sp³-hybridized carbons (Fsp3) is 0.200. The van der Waals surface area contributed by atoms with E-state index in [1.165, 1.54) is 11.1 Å². The summed E-state index contributed by atoms with van der Waals surface area (Å²) in [6.45, 7) is 0. The van der Waals surface area contributed by atoms with Crippen LogP contribution in [0.15, 0.2) is 48.5 Å². The van der Waals surface area contributed by atoms with Crippen molar-refractivity contribution in [2.24, 2.45) is 0 Å². The van der Waals surface area contributed by atoms with Gasteiger partial charge in [0.25, 0.3) is 0 Å². The van der Waals surface area contributed by atoms with Crippen LogP contribution in [0.5, 0.6) is 11.5 Å². The van der Waals surface area contributed by atoms with E-state index in [1.807, 2.05) is 24.3 Å². The van der Waals surface area contributed by atoms with Crippen LogP contribution in [0, 0.1) is 0 Å². The van der Waals surface area contributed by atoms with Crippen LogP contribution in [0.1, 0.15) is 16.8 Å². The molecular formula is C15H17O2P. The van der Waals surface area contributed by atoms with Crippen LogP contribution in [-0.2, 0) is 0 Å². The lowest BCUT2D eigenvalue weighted by Gasteiger charge is -2.13. The molecule has 0 aliphatic carbocycles. The molecular weight excluding hydrogens is 243 g/mol. The first-order chi connectivity index (χ1) is 8.74. The van der Waals surface area contributed by atoms with E-state index in [4.69, 9.17) is 9.47 Å². The van der Waals surface area contributed by atoms with Crippen molar-refractivity contribution < 1.29 is 9.47 Å². The molecule has 3 heteroatoms. The molecule has 0 N–H and O–H groups in total. The van der Waals surface area contributed by atoms with Crippen LogP contribution in [0.3, 0.4) is 0 Å². The van der Waals surface area contributed by atoms with Gasteiger partial charge in [0.05, 0.1) is 14.2 Å². The van der Waals surface area contributed by atoms with Crippen molar-refractivity contribution in [3.05, 3.63) is 59.7 Å². The molecule has 0 saturated carbocycles. The van der Waals surface area contributed by atoms with Crippen LogP contribution in [0.4, 0.5) is 0 Å². The van der Waals surface area contributed by atoms with Crippen molar-refractivity contribution in [3.8, 4) is 11.5 Å². The van der Waals surface area contributed by atoms with Gasteiger partial charge < -0.3 is 9.47 Å². The first kappa shape index (κ1) is 12.9. The third-order valence-electron chi connectivity index (χ3n) is 2.95. The molecule has 2 nitrogen and oxygen atoms in total. The maximum atomic E-state index is 5.16. The molecule has 0 spiro atoms. The normalized spacial score (nSPS) is 10.4. The fourth-order valence-corrected chi connectivity index (χ4v) is 2.26. The second-order valence-electron chi connectivity index (χ2n) is 4.02. The zero-order valence-electron chi connectivity index (χ0n) is 10.6. The van der Waals surface area contributed by atoms with Crippen LogP contribution < -0.4 is 9.47 Å². The molecule has 0 radical (unpaired) electrons. The summed E-state index contributed by atoms with van der Waals surface area (Å²) in [5.41, 5.74) is 2.76. The molecule has 0 heterocycles. The Morgan fingerprint density at radius 1 is 0.722 bits per heavy atom. The van der Waals surface area contributed by atoms with E-state index in [0.29, 0.717) is 0 Å². The predicted molar refractivity (Wildman–Crippen MR) is 77.5 cm³/mol. The Kier molecular flexibility index (Phi) is 4.22. The fourth-order valence-electron chi connectivity index (χ4n) is 1.81. The summed E-state index contributed by atoms with van der Waals surface area (Å²) in [5.74, 6) is 1.76. The van der Waals surface area contributed by atoms with Gasteiger partial charge in [0.15, 0.2) is 0 Å². The summed E-state index contributed by atoms with van der Waals surface area (Å²) in [7, 11) is 6.22. The van der Waals surface area contributed by atoms with Crippen molar-refractivity contribution in [3.63, 3.8) is 0 Å². The van der Waals surface area contributed by atoms with Crippen LogP contribution in [-0.4, -0.2) is 14.2 Å². The van der Waals surface area contributed by atoms with Gasteiger partial charge in [-0.25, -0.2) is 0 Å². The molecule has 0 fully saturated rings. The molecule has 1 atom stereocenters. The predicted octanol–water partition coefficient (Wildman–Crippen LogP) is 3.67. The highest BCUT2D eigenvalue weighted by Crippen LogP contribution is 2.32. The molecule has 0 saturated heterocycles. The summed E-state index contributed by atoms with van der Waals surface area (Å²) < 4.78 is 10.3. The number of methoxy groups -OCH3 is 2. The number of benzene rings is 2. The molecule has 0 aliphatic rings. The molecule has 0 amide bonds. The van der Waals surface area contributed by atoms with Gasteiger partial charge in [0.1, 0.15) is 11.5 Å². The summed E-state index contributed by atoms with van der Waals surface area (Å²) >= 11 is 0. The van der Waals surface area contributed by atoms with Crippen LogP contribution in [0.25, 0.3) is 0 Å². The minimum atomic E-state index is 0.279. The lowest BCUT2D eigenvalue weighted by Crippen LogP contribution is -1.93. The van der Waals surface area contributed by atoms with Crippen molar-refractivity contribution in [2.75, 3.05) is 14.2 Å². The Morgan fingerprint density at radius 2 is 1.06 bits per heavy atom. The van der Waals surface area contributed by atoms with E-state index in [0.717, 1.165) is 11.5 Å². The highest BCUT2D eigenvalue weighted by Gasteiger charge is 2.08. The summed E-state index contributed by atoms with van der Waals surface area (Å²) in [4.78, 5) is 0. The second kappa shape index (κ2) is 5.88. The number of hydrogen-bond acceptors (Lipinski definition) is 2. The van der Waals surface area contributed by atoms with E-state index in [1.54, 1.807) is 14.2 Å². The monoisotopic (exact) mass is 260 g/mol. The van der Waals surface area contributed by atoms with Crippen molar-refractivity contribution in [2.45, 2.75) is 5.66 Å². The number of rotatable bonds is 4. The van der Waals surface area contributed by atoms with Gasteiger partial charge in [0.2, 0.25) is 0 Å². The second-order valence-corrected chi connectivity index (χ2v) is 4.69. The summed E-state index contributed by atoms with van der Waals surface area (Å²) in [6.07, 6.45) is 0. The lowest BCUT2D eigenvalue weighted by molar-refractivity contribution is 0.414. The zero-order valence-corrected chi connectivity index (χ0v) is 11.7. The highest BCUT2D eigenvalue weighted by molar-refractivity contribution is 7.17. The standard InChI is InChI=1S/C15H17O2P/c1-16-13-7-3-11(4-8-13)15(18)12-5-9-14(17-2)10-6-12/h3-10,15H,18H2,1-2H3. The van der Waals surface area contributed by atoms with E-state index in [-0.39, 0.29) is 5.66 Å². The van der Waals surface area contributed by atoms with Crippen molar-refractivity contribution in [1.29, 1.82) is 0 Å². The van der Waals surface area contributed by atoms with Gasteiger partial charge in [-0.05, 0) is 35.4 Å². The SMILES string of the molecule is COc1ccc(C(P)c2ccc(OC)cc2)cc1. The topological polar surface area (TPSA) is 18.5 Å². The summed E-state index contributed by atoms with van der Waals surface area (Å²) in [5, 5.41) is 0. The Balaban J connectivity index is 2.20. The minimum absolute atomic E-state index is 0.279. The smallest absolute Gasteiger partial charge is 0.118 e. The molecule has 0 bridgehead atoms. The third kappa shape index (κ3) is 2.83. The van der Waals surface area contributed by atoms with E-state index in [2.05, 4.69) is 33.5 Å². The lowest BCUT2D eigenvalue weighted by atomic mass is 10.0. The molecule has 2 aromatic carbocycles. The van der Waals surface area contributed by atoms with E-state index in [9.17, 15) is 0 Å². The van der Waals surface area contributed by atoms with Gasteiger partial charge in [-0.2, -0.15) is 0 Å². The Labute approximate surface area is 110 Å². The molecule has 0 aliphatic heterocycles.